The quantitative estimate of drug-likeness (QED) is 0.721. The maximum Gasteiger partial charge on any atom is 0.0638 e. The number of hydrogen-bond acceptors (Lipinski definition) is 2. The molecule has 0 radical (unpaired) electrons. The number of nitriles is 1. The van der Waals surface area contributed by atoms with E-state index < -0.39 is 0 Å². The topological polar surface area (TPSA) is 35.8 Å². The molecule has 0 aromatic carbocycles. The normalized spacial score (nSPS) is 22.5. The molecule has 0 aromatic rings. The van der Waals surface area contributed by atoms with Gasteiger partial charge >= 0.3 is 0 Å². The van der Waals surface area contributed by atoms with E-state index >= 15 is 0 Å². The zero-order valence-corrected chi connectivity index (χ0v) is 8.71. The molecule has 0 heterocycles. The molecule has 1 N–H and O–H groups in total. The van der Waals surface area contributed by atoms with E-state index in [0.717, 1.165) is 5.92 Å². The Morgan fingerprint density at radius 3 is 2.54 bits per heavy atom. The Labute approximate surface area is 81.3 Å². The molecule has 0 aromatic heterocycles. The molecule has 2 nitrogen and oxygen atoms in total. The van der Waals surface area contributed by atoms with Gasteiger partial charge in [-0.3, -0.25) is 0 Å². The third kappa shape index (κ3) is 3.36. The van der Waals surface area contributed by atoms with Crippen molar-refractivity contribution in [3.63, 3.8) is 0 Å². The van der Waals surface area contributed by atoms with Gasteiger partial charge in [-0.25, -0.2) is 0 Å². The largest absolute Gasteiger partial charge is 0.310 e. The number of nitrogens with zero attached hydrogens (tertiary/aromatic N) is 1. The van der Waals surface area contributed by atoms with Crippen LogP contribution in [0.5, 0.6) is 0 Å². The number of hydrogen-bond donors (Lipinski definition) is 1. The zero-order chi connectivity index (χ0) is 9.68. The van der Waals surface area contributed by atoms with E-state index in [1.807, 2.05) is 0 Å². The summed E-state index contributed by atoms with van der Waals surface area (Å²) in [6.45, 7) is 4.35. The minimum absolute atomic E-state index is 0.348. The highest BCUT2D eigenvalue weighted by atomic mass is 14.9. The zero-order valence-electron chi connectivity index (χ0n) is 8.71. The lowest BCUT2D eigenvalue weighted by atomic mass is 9.99. The predicted molar refractivity (Wildman–Crippen MR) is 54.2 cm³/mol. The second kappa shape index (κ2) is 5.24. The van der Waals surface area contributed by atoms with E-state index in [1.54, 1.807) is 0 Å². The Hall–Kier alpha value is -0.550. The Kier molecular flexibility index (Phi) is 4.24. The van der Waals surface area contributed by atoms with Crippen LogP contribution < -0.4 is 5.32 Å². The van der Waals surface area contributed by atoms with Crippen LogP contribution >= 0.6 is 0 Å². The van der Waals surface area contributed by atoms with Crippen LogP contribution in [0.2, 0.25) is 0 Å². The van der Waals surface area contributed by atoms with Crippen LogP contribution in [0.15, 0.2) is 0 Å². The Morgan fingerprint density at radius 2 is 2.00 bits per heavy atom. The summed E-state index contributed by atoms with van der Waals surface area (Å²) in [5.74, 6) is 0.848. The molecule has 0 saturated heterocycles. The van der Waals surface area contributed by atoms with E-state index in [-0.39, 0.29) is 0 Å². The molecule has 0 spiro atoms. The van der Waals surface area contributed by atoms with Crippen LogP contribution in [0.3, 0.4) is 0 Å². The van der Waals surface area contributed by atoms with Gasteiger partial charge in [-0.05, 0) is 32.6 Å². The van der Waals surface area contributed by atoms with Gasteiger partial charge < -0.3 is 5.32 Å². The van der Waals surface area contributed by atoms with Crippen molar-refractivity contribution in [3.8, 4) is 6.07 Å². The highest BCUT2D eigenvalue weighted by Crippen LogP contribution is 2.27. The van der Waals surface area contributed by atoms with Gasteiger partial charge in [0, 0.05) is 12.1 Å². The lowest BCUT2D eigenvalue weighted by molar-refractivity contribution is 0.351. The summed E-state index contributed by atoms with van der Waals surface area (Å²) in [4.78, 5) is 0. The third-order valence-electron chi connectivity index (χ3n) is 3.05. The first kappa shape index (κ1) is 10.5. The minimum atomic E-state index is 0.348. The molecule has 1 unspecified atom stereocenters. The molecule has 1 aliphatic rings. The molecule has 1 aliphatic carbocycles. The van der Waals surface area contributed by atoms with Crippen LogP contribution in [0.4, 0.5) is 0 Å². The fourth-order valence-corrected chi connectivity index (χ4v) is 2.24. The van der Waals surface area contributed by atoms with Crippen molar-refractivity contribution in [1.82, 2.24) is 5.32 Å². The van der Waals surface area contributed by atoms with Crippen molar-refractivity contribution in [1.29, 1.82) is 5.26 Å². The van der Waals surface area contributed by atoms with E-state index in [1.165, 1.54) is 25.7 Å². The first-order chi connectivity index (χ1) is 6.24. The summed E-state index contributed by atoms with van der Waals surface area (Å²) < 4.78 is 0. The average Bonchev–Trinajstić information content (AvgIpc) is 2.55. The molecule has 2 heteroatoms. The fourth-order valence-electron chi connectivity index (χ4n) is 2.24. The highest BCUT2D eigenvalue weighted by molar-refractivity contribution is 4.83. The predicted octanol–water partition coefficient (Wildman–Crippen LogP) is 2.46. The molecule has 1 rings (SSSR count). The summed E-state index contributed by atoms with van der Waals surface area (Å²) in [5.41, 5.74) is 0. The average molecular weight is 180 g/mol. The minimum Gasteiger partial charge on any atom is -0.310 e. The van der Waals surface area contributed by atoms with Crippen LogP contribution in [0.1, 0.15) is 46.0 Å². The third-order valence-corrected chi connectivity index (χ3v) is 3.05. The van der Waals surface area contributed by atoms with E-state index in [2.05, 4.69) is 25.2 Å². The van der Waals surface area contributed by atoms with Crippen molar-refractivity contribution in [2.75, 3.05) is 0 Å². The summed E-state index contributed by atoms with van der Waals surface area (Å²) in [5, 5.41) is 12.0. The van der Waals surface area contributed by atoms with E-state index in [4.69, 9.17) is 5.26 Å². The molecule has 74 valence electrons. The molecule has 0 aliphatic heterocycles. The van der Waals surface area contributed by atoms with Gasteiger partial charge in [0.2, 0.25) is 0 Å². The molecule has 1 fully saturated rings. The smallest absolute Gasteiger partial charge is 0.0638 e. The standard InChI is InChI=1S/C11H20N2/c1-9(7-8-12)13-10(2)11-5-3-4-6-11/h9-11,13H,3-7H2,1-2H3/t9?,10-/m0/s1. The van der Waals surface area contributed by atoms with E-state index in [9.17, 15) is 0 Å². The van der Waals surface area contributed by atoms with Crippen molar-refractivity contribution in [2.24, 2.45) is 5.92 Å². The molecule has 1 saturated carbocycles. The van der Waals surface area contributed by atoms with Gasteiger partial charge in [0.25, 0.3) is 0 Å². The Balaban J connectivity index is 2.23. The Bertz CT molecular complexity index is 177. The van der Waals surface area contributed by atoms with Gasteiger partial charge in [0.1, 0.15) is 0 Å². The molecule has 2 atom stereocenters. The SMILES string of the molecule is CC(CC#N)N[C@@H](C)C1CCCC1. The highest BCUT2D eigenvalue weighted by Gasteiger charge is 2.22. The summed E-state index contributed by atoms with van der Waals surface area (Å²) >= 11 is 0. The number of rotatable bonds is 4. The molecular formula is C11H20N2. The van der Waals surface area contributed by atoms with Crippen LogP contribution in [-0.4, -0.2) is 12.1 Å². The summed E-state index contributed by atoms with van der Waals surface area (Å²) in [7, 11) is 0. The van der Waals surface area contributed by atoms with Crippen molar-refractivity contribution in [3.05, 3.63) is 0 Å². The fraction of sp³-hybridized carbons (Fsp3) is 0.909. The molecule has 0 bridgehead atoms. The second-order valence-electron chi connectivity index (χ2n) is 4.26. The van der Waals surface area contributed by atoms with Crippen LogP contribution in [-0.2, 0) is 0 Å². The lowest BCUT2D eigenvalue weighted by Gasteiger charge is -2.23. The van der Waals surface area contributed by atoms with Gasteiger partial charge in [-0.1, -0.05) is 12.8 Å². The molecular weight excluding hydrogens is 160 g/mol. The van der Waals surface area contributed by atoms with E-state index in [0.29, 0.717) is 18.5 Å². The maximum absolute atomic E-state index is 8.52. The van der Waals surface area contributed by atoms with Gasteiger partial charge in [-0.15, -0.1) is 0 Å². The lowest BCUT2D eigenvalue weighted by Crippen LogP contribution is -2.38. The van der Waals surface area contributed by atoms with Crippen molar-refractivity contribution in [2.45, 2.75) is 58.0 Å². The van der Waals surface area contributed by atoms with Crippen LogP contribution in [0, 0.1) is 17.2 Å². The first-order valence-electron chi connectivity index (χ1n) is 5.37. The van der Waals surface area contributed by atoms with Gasteiger partial charge in [0.15, 0.2) is 0 Å². The molecule has 13 heavy (non-hydrogen) atoms. The molecule has 0 amide bonds. The van der Waals surface area contributed by atoms with Crippen LogP contribution in [0.25, 0.3) is 0 Å². The summed E-state index contributed by atoms with van der Waals surface area (Å²) in [6, 6.07) is 3.14. The monoisotopic (exact) mass is 180 g/mol. The summed E-state index contributed by atoms with van der Waals surface area (Å²) in [6.07, 6.45) is 6.14. The van der Waals surface area contributed by atoms with Crippen molar-refractivity contribution >= 4 is 0 Å². The Morgan fingerprint density at radius 1 is 1.38 bits per heavy atom. The van der Waals surface area contributed by atoms with Gasteiger partial charge in [0.05, 0.1) is 12.5 Å². The van der Waals surface area contributed by atoms with Crippen molar-refractivity contribution < 1.29 is 0 Å². The van der Waals surface area contributed by atoms with Gasteiger partial charge in [-0.2, -0.15) is 5.26 Å². The first-order valence-corrected chi connectivity index (χ1v) is 5.37. The second-order valence-corrected chi connectivity index (χ2v) is 4.26. The number of nitrogens with one attached hydrogen (secondary N) is 1. The maximum atomic E-state index is 8.52.